The first-order valence-electron chi connectivity index (χ1n) is 9.36. The van der Waals surface area contributed by atoms with Gasteiger partial charge < -0.3 is 9.47 Å². The van der Waals surface area contributed by atoms with Gasteiger partial charge in [0.05, 0.1) is 0 Å². The lowest BCUT2D eigenvalue weighted by molar-refractivity contribution is -0.165. The Balaban J connectivity index is 1.80. The van der Waals surface area contributed by atoms with Crippen molar-refractivity contribution in [2.45, 2.75) is 89.5 Å². The van der Waals surface area contributed by atoms with E-state index >= 15 is 0 Å². The smallest absolute Gasteiger partial charge is 0.351 e. The Morgan fingerprint density at radius 1 is 1.16 bits per heavy atom. The number of carbonyl (C=O) groups is 1. The van der Waals surface area contributed by atoms with E-state index in [0.29, 0.717) is 31.6 Å². The summed E-state index contributed by atoms with van der Waals surface area (Å²) in [5.74, 6) is 0.794. The molecule has 2 aliphatic carbocycles. The van der Waals surface area contributed by atoms with E-state index in [0.717, 1.165) is 29.7 Å². The van der Waals surface area contributed by atoms with Crippen LogP contribution in [0.25, 0.3) is 0 Å². The number of carbonyl (C=O) groups excluding carboxylic acids is 1. The van der Waals surface area contributed by atoms with Crippen molar-refractivity contribution in [3.8, 4) is 5.75 Å². The molecular weight excluding hydrogens is 319 g/mol. The summed E-state index contributed by atoms with van der Waals surface area (Å²) in [6.45, 7) is 7.62. The summed E-state index contributed by atoms with van der Waals surface area (Å²) in [5.41, 5.74) is 0.836. The summed E-state index contributed by atoms with van der Waals surface area (Å²) in [6.07, 6.45) is 3.58. The van der Waals surface area contributed by atoms with Crippen molar-refractivity contribution >= 4 is 5.97 Å². The van der Waals surface area contributed by atoms with E-state index in [1.807, 2.05) is 33.8 Å². The molecule has 2 fully saturated rings. The lowest BCUT2D eigenvalue weighted by atomic mass is 9.82. The minimum atomic E-state index is -0.840. The van der Waals surface area contributed by atoms with Gasteiger partial charge in [-0.2, -0.15) is 0 Å². The Kier molecular flexibility index (Phi) is 4.82. The molecule has 0 saturated heterocycles. The van der Waals surface area contributed by atoms with Crippen molar-refractivity contribution in [2.75, 3.05) is 0 Å². The summed E-state index contributed by atoms with van der Waals surface area (Å²) < 4.78 is 25.3. The molecule has 0 bridgehead atoms. The van der Waals surface area contributed by atoms with Crippen molar-refractivity contribution in [3.05, 3.63) is 29.3 Å². The molecule has 3 nitrogen and oxygen atoms in total. The van der Waals surface area contributed by atoms with E-state index in [-0.39, 0.29) is 5.97 Å². The normalized spacial score (nSPS) is 25.3. The predicted molar refractivity (Wildman–Crippen MR) is 95.7 cm³/mol. The van der Waals surface area contributed by atoms with Crippen LogP contribution in [0.3, 0.4) is 0 Å². The standard InChI is InChI=1S/C21H29FO3/c1-14-5-10-17(15-6-8-16(22)9-7-15)18(13-14)24-21(11-12-21)19(23)25-20(2,3)4/h5,10,13,15-16H,6-9,11-12H2,1-4H3/t15-,16-. The first-order valence-corrected chi connectivity index (χ1v) is 9.36. The van der Waals surface area contributed by atoms with E-state index in [9.17, 15) is 9.18 Å². The second-order valence-electron chi connectivity index (χ2n) is 8.59. The van der Waals surface area contributed by atoms with Gasteiger partial charge in [-0.05, 0) is 76.5 Å². The lowest BCUT2D eigenvalue weighted by Gasteiger charge is -2.29. The molecule has 0 aromatic heterocycles. The Bertz CT molecular complexity index is 635. The highest BCUT2D eigenvalue weighted by atomic mass is 19.1. The minimum Gasteiger partial charge on any atom is -0.475 e. The average Bonchev–Trinajstić information content (AvgIpc) is 3.28. The topological polar surface area (TPSA) is 35.5 Å². The molecule has 3 rings (SSSR count). The van der Waals surface area contributed by atoms with Crippen molar-refractivity contribution < 1.29 is 18.7 Å². The molecular formula is C21H29FO3. The van der Waals surface area contributed by atoms with Crippen LogP contribution in [0, 0.1) is 6.92 Å². The third-order valence-corrected chi connectivity index (χ3v) is 5.05. The predicted octanol–water partition coefficient (Wildman–Crippen LogP) is 5.24. The van der Waals surface area contributed by atoms with Crippen LogP contribution in [0.1, 0.15) is 76.3 Å². The van der Waals surface area contributed by atoms with Gasteiger partial charge in [-0.3, -0.25) is 0 Å². The number of rotatable bonds is 4. The zero-order valence-electron chi connectivity index (χ0n) is 15.7. The molecule has 0 unspecified atom stereocenters. The Morgan fingerprint density at radius 3 is 2.36 bits per heavy atom. The Labute approximate surface area is 149 Å². The van der Waals surface area contributed by atoms with Crippen LogP contribution in [0.2, 0.25) is 0 Å². The molecule has 0 spiro atoms. The van der Waals surface area contributed by atoms with Crippen molar-refractivity contribution in [2.24, 2.45) is 0 Å². The second-order valence-corrected chi connectivity index (χ2v) is 8.59. The number of benzene rings is 1. The highest BCUT2D eigenvalue weighted by molar-refractivity contribution is 5.83. The monoisotopic (exact) mass is 348 g/mol. The number of aryl methyl sites for hydroxylation is 1. The summed E-state index contributed by atoms with van der Waals surface area (Å²) in [5, 5.41) is 0. The van der Waals surface area contributed by atoms with Gasteiger partial charge in [-0.15, -0.1) is 0 Å². The highest BCUT2D eigenvalue weighted by Crippen LogP contribution is 2.46. The quantitative estimate of drug-likeness (QED) is 0.698. The zero-order chi connectivity index (χ0) is 18.2. The van der Waals surface area contributed by atoms with Crippen molar-refractivity contribution in [1.82, 2.24) is 0 Å². The van der Waals surface area contributed by atoms with Gasteiger partial charge in [-0.25, -0.2) is 9.18 Å². The van der Waals surface area contributed by atoms with E-state index in [1.54, 1.807) is 0 Å². The third-order valence-electron chi connectivity index (χ3n) is 5.05. The molecule has 0 N–H and O–H groups in total. The van der Waals surface area contributed by atoms with Gasteiger partial charge in [0.25, 0.3) is 0 Å². The molecule has 2 aliphatic rings. The van der Waals surface area contributed by atoms with Gasteiger partial charge in [-0.1, -0.05) is 12.1 Å². The molecule has 1 aromatic carbocycles. The number of halogens is 1. The molecule has 0 amide bonds. The van der Waals surface area contributed by atoms with Crippen LogP contribution in [0.5, 0.6) is 5.75 Å². The van der Waals surface area contributed by atoms with Gasteiger partial charge in [0, 0.05) is 12.8 Å². The summed E-state index contributed by atoms with van der Waals surface area (Å²) in [7, 11) is 0. The molecule has 0 radical (unpaired) electrons. The summed E-state index contributed by atoms with van der Waals surface area (Å²) in [6, 6.07) is 6.15. The number of hydrogen-bond donors (Lipinski definition) is 0. The Morgan fingerprint density at radius 2 is 1.80 bits per heavy atom. The van der Waals surface area contributed by atoms with Gasteiger partial charge in [0.2, 0.25) is 5.60 Å². The highest BCUT2D eigenvalue weighted by Gasteiger charge is 2.55. The Hall–Kier alpha value is -1.58. The van der Waals surface area contributed by atoms with E-state index in [2.05, 4.69) is 12.1 Å². The summed E-state index contributed by atoms with van der Waals surface area (Å²) >= 11 is 0. The third kappa shape index (κ3) is 4.34. The molecule has 138 valence electrons. The molecule has 0 atom stereocenters. The first kappa shape index (κ1) is 18.2. The fraction of sp³-hybridized carbons (Fsp3) is 0.667. The molecule has 1 aromatic rings. The fourth-order valence-electron chi connectivity index (χ4n) is 3.47. The second kappa shape index (κ2) is 6.62. The van der Waals surface area contributed by atoms with Crippen LogP contribution in [0.15, 0.2) is 18.2 Å². The maximum absolute atomic E-state index is 13.5. The molecule has 0 aliphatic heterocycles. The lowest BCUT2D eigenvalue weighted by Crippen LogP contribution is -2.37. The average molecular weight is 348 g/mol. The molecule has 25 heavy (non-hydrogen) atoms. The van der Waals surface area contributed by atoms with Crippen LogP contribution in [0.4, 0.5) is 4.39 Å². The van der Waals surface area contributed by atoms with E-state index in [4.69, 9.17) is 9.47 Å². The number of ether oxygens (including phenoxy) is 2. The number of hydrogen-bond acceptors (Lipinski definition) is 3. The van der Waals surface area contributed by atoms with Crippen molar-refractivity contribution in [1.29, 1.82) is 0 Å². The maximum atomic E-state index is 13.5. The first-order chi connectivity index (χ1) is 11.7. The van der Waals surface area contributed by atoms with E-state index < -0.39 is 17.4 Å². The number of esters is 1. The number of alkyl halides is 1. The summed E-state index contributed by atoms with van der Waals surface area (Å²) in [4.78, 5) is 12.6. The maximum Gasteiger partial charge on any atom is 0.351 e. The van der Waals surface area contributed by atoms with Crippen LogP contribution in [-0.4, -0.2) is 23.3 Å². The van der Waals surface area contributed by atoms with Gasteiger partial charge in [0.15, 0.2) is 0 Å². The van der Waals surface area contributed by atoms with Gasteiger partial charge in [0.1, 0.15) is 17.5 Å². The van der Waals surface area contributed by atoms with Crippen LogP contribution in [-0.2, 0) is 9.53 Å². The van der Waals surface area contributed by atoms with Crippen molar-refractivity contribution in [3.63, 3.8) is 0 Å². The van der Waals surface area contributed by atoms with E-state index in [1.165, 1.54) is 0 Å². The molecule has 4 heteroatoms. The van der Waals surface area contributed by atoms with Gasteiger partial charge >= 0.3 is 5.97 Å². The minimum absolute atomic E-state index is 0.278. The molecule has 2 saturated carbocycles. The molecule has 0 heterocycles. The largest absolute Gasteiger partial charge is 0.475 e. The van der Waals surface area contributed by atoms with Crippen LogP contribution >= 0.6 is 0 Å². The SMILES string of the molecule is Cc1ccc([C@H]2CC[C@H](F)CC2)c(OC2(C(=O)OC(C)(C)C)CC2)c1. The van der Waals surface area contributed by atoms with Crippen LogP contribution < -0.4 is 4.74 Å². The fourth-order valence-corrected chi connectivity index (χ4v) is 3.47. The zero-order valence-corrected chi connectivity index (χ0v) is 15.7.